The fraction of sp³-hybridized carbons (Fsp3) is 0. The lowest BCUT2D eigenvalue weighted by molar-refractivity contribution is 1.28. The van der Waals surface area contributed by atoms with Crippen molar-refractivity contribution in [1.82, 2.24) is 0 Å². The van der Waals surface area contributed by atoms with Gasteiger partial charge in [-0.2, -0.15) is 0 Å². The fourth-order valence-electron chi connectivity index (χ4n) is 6.31. The first kappa shape index (κ1) is 21.4. The summed E-state index contributed by atoms with van der Waals surface area (Å²) in [6.45, 7) is 0. The quantitative estimate of drug-likeness (QED) is 0.154. The van der Waals surface area contributed by atoms with Crippen molar-refractivity contribution in [2.24, 2.45) is 0 Å². The zero-order valence-electron chi connectivity index (χ0n) is 40.4. The topological polar surface area (TPSA) is 3.24 Å². The summed E-state index contributed by atoms with van der Waals surface area (Å²) in [6.07, 6.45) is 0. The van der Waals surface area contributed by atoms with Crippen LogP contribution in [-0.2, 0) is 0 Å². The van der Waals surface area contributed by atoms with Crippen LogP contribution in [-0.4, -0.2) is 0 Å². The standard InChI is InChI=1S/C52H37N/c1-3-10-38(11-4-1)41-18-22-43(23-19-41)45-28-32-50(33-29-45)53(52-17-9-16-48(37-52)49-27-26-40-14-7-8-15-47(40)36-49)51-34-30-46(31-35-51)44-24-20-42(21-25-44)39-12-5-2-6-13-39/h1-37H/i9D,16D,17D,28D,29D,30D,31D,32D,33D,34D,35D,37D. The van der Waals surface area contributed by atoms with Gasteiger partial charge in [0, 0.05) is 17.1 Å². The van der Waals surface area contributed by atoms with Crippen molar-refractivity contribution >= 4 is 27.8 Å². The third-order valence-electron chi connectivity index (χ3n) is 9.11. The van der Waals surface area contributed by atoms with E-state index in [9.17, 15) is 13.7 Å². The van der Waals surface area contributed by atoms with Crippen molar-refractivity contribution in [3.8, 4) is 55.6 Å². The largest absolute Gasteiger partial charge is 0.310 e. The van der Waals surface area contributed by atoms with Gasteiger partial charge in [0.25, 0.3) is 0 Å². The second-order valence-electron chi connectivity index (χ2n) is 12.5. The zero-order valence-corrected chi connectivity index (χ0v) is 28.4. The Hall–Kier alpha value is -6.96. The monoisotopic (exact) mass is 687 g/mol. The highest BCUT2D eigenvalue weighted by molar-refractivity contribution is 5.89. The van der Waals surface area contributed by atoms with Crippen LogP contribution in [0.1, 0.15) is 16.4 Å². The first-order chi connectivity index (χ1) is 31.3. The number of benzene rings is 9. The number of hydrogen-bond donors (Lipinski definition) is 0. The number of nitrogens with zero attached hydrogens (tertiary/aromatic N) is 1. The lowest BCUT2D eigenvalue weighted by Gasteiger charge is -2.26. The van der Waals surface area contributed by atoms with Gasteiger partial charge in [-0.3, -0.25) is 0 Å². The molecule has 0 unspecified atom stereocenters. The van der Waals surface area contributed by atoms with Crippen molar-refractivity contribution in [2.45, 2.75) is 0 Å². The normalized spacial score (nSPS) is 14.2. The number of fused-ring (bicyclic) bond motifs is 1. The third-order valence-corrected chi connectivity index (χ3v) is 9.11. The maximum Gasteiger partial charge on any atom is 0.0651 e. The minimum absolute atomic E-state index is 0.0473. The van der Waals surface area contributed by atoms with Gasteiger partial charge in [-0.15, -0.1) is 0 Å². The molecule has 0 aromatic heterocycles. The Labute approximate surface area is 328 Å². The number of hydrogen-bond acceptors (Lipinski definition) is 1. The van der Waals surface area contributed by atoms with Gasteiger partial charge >= 0.3 is 0 Å². The average molecular weight is 688 g/mol. The van der Waals surface area contributed by atoms with Crippen LogP contribution in [0.4, 0.5) is 17.1 Å². The maximum atomic E-state index is 9.73. The first-order valence-corrected chi connectivity index (χ1v) is 17.2. The summed E-state index contributed by atoms with van der Waals surface area (Å²) in [6, 6.07) is 38.9. The van der Waals surface area contributed by atoms with Crippen LogP contribution >= 0.6 is 0 Å². The molecule has 0 heterocycles. The fourth-order valence-corrected chi connectivity index (χ4v) is 6.31. The highest BCUT2D eigenvalue weighted by Gasteiger charge is 2.15. The first-order valence-electron chi connectivity index (χ1n) is 23.2. The Bertz CT molecular complexity index is 3110. The average Bonchev–Trinajstić information content (AvgIpc) is 3.33. The highest BCUT2D eigenvalue weighted by Crippen LogP contribution is 2.39. The molecule has 0 fully saturated rings. The van der Waals surface area contributed by atoms with Crippen LogP contribution in [0.5, 0.6) is 0 Å². The molecule has 0 aliphatic rings. The molecular formula is C52H37N. The Morgan fingerprint density at radius 1 is 0.283 bits per heavy atom. The van der Waals surface area contributed by atoms with Gasteiger partial charge < -0.3 is 4.90 Å². The Balaban J connectivity index is 1.30. The second-order valence-corrected chi connectivity index (χ2v) is 12.5. The lowest BCUT2D eigenvalue weighted by atomic mass is 9.99. The van der Waals surface area contributed by atoms with Crippen molar-refractivity contribution in [3.05, 3.63) is 224 Å². The molecule has 250 valence electrons. The highest BCUT2D eigenvalue weighted by atomic mass is 15.1. The molecule has 0 atom stereocenters. The minimum Gasteiger partial charge on any atom is -0.310 e. The summed E-state index contributed by atoms with van der Waals surface area (Å²) in [7, 11) is 0. The molecule has 0 saturated heterocycles. The van der Waals surface area contributed by atoms with Gasteiger partial charge in [-0.25, -0.2) is 0 Å². The number of rotatable bonds is 8. The van der Waals surface area contributed by atoms with E-state index in [0.717, 1.165) is 37.9 Å². The van der Waals surface area contributed by atoms with E-state index >= 15 is 0 Å². The number of anilines is 3. The molecule has 0 spiro atoms. The molecule has 0 saturated carbocycles. The van der Waals surface area contributed by atoms with E-state index in [4.69, 9.17) is 2.74 Å². The summed E-state index contributed by atoms with van der Waals surface area (Å²) >= 11 is 0. The lowest BCUT2D eigenvalue weighted by Crippen LogP contribution is -2.10. The van der Waals surface area contributed by atoms with Gasteiger partial charge in [-0.1, -0.05) is 182 Å². The Morgan fingerprint density at radius 3 is 1.21 bits per heavy atom. The molecule has 1 nitrogen and oxygen atoms in total. The maximum absolute atomic E-state index is 9.73. The van der Waals surface area contributed by atoms with Crippen LogP contribution in [0.3, 0.4) is 0 Å². The zero-order chi connectivity index (χ0) is 45.8. The summed E-state index contributed by atoms with van der Waals surface area (Å²) in [5, 5.41) is 1.64. The molecule has 53 heavy (non-hydrogen) atoms. The van der Waals surface area contributed by atoms with Gasteiger partial charge in [0.1, 0.15) is 0 Å². The molecule has 0 aliphatic heterocycles. The van der Waals surface area contributed by atoms with E-state index in [1.54, 1.807) is 42.5 Å². The summed E-state index contributed by atoms with van der Waals surface area (Å²) in [4.78, 5) is 0.888. The second kappa shape index (κ2) is 14.3. The summed E-state index contributed by atoms with van der Waals surface area (Å²) < 4.78 is 113. The molecule has 9 aromatic carbocycles. The molecule has 0 N–H and O–H groups in total. The van der Waals surface area contributed by atoms with E-state index in [1.807, 2.05) is 109 Å². The van der Waals surface area contributed by atoms with Crippen molar-refractivity contribution < 1.29 is 16.4 Å². The molecule has 9 rings (SSSR count). The van der Waals surface area contributed by atoms with Crippen molar-refractivity contribution in [2.75, 3.05) is 4.90 Å². The molecule has 0 radical (unpaired) electrons. The molecule has 1 heteroatoms. The molecule has 0 amide bonds. The van der Waals surface area contributed by atoms with Crippen LogP contribution in [0.25, 0.3) is 66.4 Å². The Kier molecular flexibility index (Phi) is 5.80. The third kappa shape index (κ3) is 6.77. The van der Waals surface area contributed by atoms with E-state index in [-0.39, 0.29) is 16.7 Å². The van der Waals surface area contributed by atoms with Crippen LogP contribution < -0.4 is 4.90 Å². The molecule has 0 bridgehead atoms. The van der Waals surface area contributed by atoms with Crippen LogP contribution in [0.2, 0.25) is 0 Å². The van der Waals surface area contributed by atoms with Gasteiger partial charge in [-0.05, 0) is 109 Å². The van der Waals surface area contributed by atoms with E-state index in [1.165, 1.54) is 0 Å². The predicted octanol–water partition coefficient (Wildman–Crippen LogP) is 14.6. The molecule has 0 aliphatic carbocycles. The predicted molar refractivity (Wildman–Crippen MR) is 226 cm³/mol. The molecular weight excluding hydrogens is 639 g/mol. The Morgan fingerprint density at radius 2 is 0.698 bits per heavy atom. The van der Waals surface area contributed by atoms with Crippen LogP contribution in [0.15, 0.2) is 224 Å². The smallest absolute Gasteiger partial charge is 0.0651 e. The van der Waals surface area contributed by atoms with E-state index < -0.39 is 89.6 Å². The van der Waals surface area contributed by atoms with Crippen molar-refractivity contribution in [1.29, 1.82) is 0 Å². The van der Waals surface area contributed by atoms with E-state index in [0.29, 0.717) is 16.7 Å². The minimum atomic E-state index is -0.723. The van der Waals surface area contributed by atoms with Gasteiger partial charge in [0.15, 0.2) is 0 Å². The van der Waals surface area contributed by atoms with Gasteiger partial charge in [0.05, 0.1) is 16.4 Å². The molecule has 9 aromatic rings. The van der Waals surface area contributed by atoms with Gasteiger partial charge in [0.2, 0.25) is 0 Å². The summed E-state index contributed by atoms with van der Waals surface area (Å²) in [5.41, 5.74) is 2.87. The summed E-state index contributed by atoms with van der Waals surface area (Å²) in [5.74, 6) is 0. The van der Waals surface area contributed by atoms with Crippen LogP contribution in [0, 0.1) is 0 Å². The van der Waals surface area contributed by atoms with Crippen molar-refractivity contribution in [3.63, 3.8) is 0 Å². The van der Waals surface area contributed by atoms with E-state index in [2.05, 4.69) is 0 Å². The SMILES string of the molecule is [2H]c1c([2H])c(-c2ccc3ccccc3c2)c([2H])c(N(c2c([2H])c([2H])c(-c3ccc(-c4ccccc4)cc3)c([2H])c2[2H])c2c([2H])c([2H])c(-c3ccc(-c4ccccc4)cc3)c([2H])c2[2H])c1[2H].